The first-order valence-electron chi connectivity index (χ1n) is 12.1. The van der Waals surface area contributed by atoms with Crippen molar-refractivity contribution in [2.24, 2.45) is 0 Å². The molecule has 0 spiro atoms. The van der Waals surface area contributed by atoms with Gasteiger partial charge in [-0.1, -0.05) is 6.07 Å². The fourth-order valence-electron chi connectivity index (χ4n) is 4.47. The van der Waals surface area contributed by atoms with Crippen molar-refractivity contribution in [2.45, 2.75) is 18.7 Å². The van der Waals surface area contributed by atoms with Crippen LogP contribution in [0.2, 0.25) is 0 Å². The molecule has 4 rings (SSSR count). The van der Waals surface area contributed by atoms with Gasteiger partial charge in [-0.15, -0.1) is 0 Å². The van der Waals surface area contributed by atoms with E-state index in [0.717, 1.165) is 31.7 Å². The summed E-state index contributed by atoms with van der Waals surface area (Å²) in [4.78, 5) is 31.0. The number of sulfonamides is 1. The Kier molecular flexibility index (Phi) is 7.82. The van der Waals surface area contributed by atoms with E-state index in [1.54, 1.807) is 36.1 Å². The van der Waals surface area contributed by atoms with Gasteiger partial charge in [0.05, 0.1) is 17.1 Å². The van der Waals surface area contributed by atoms with Crippen LogP contribution in [0.1, 0.15) is 22.8 Å². The van der Waals surface area contributed by atoms with Crippen molar-refractivity contribution >= 4 is 38.9 Å². The number of amides is 2. The molecule has 2 fully saturated rings. The molecule has 0 bridgehead atoms. The minimum Gasteiger partial charge on any atom is -0.367 e. The number of rotatable bonds is 6. The summed E-state index contributed by atoms with van der Waals surface area (Å²) in [6.45, 7) is 8.94. The van der Waals surface area contributed by atoms with Crippen LogP contribution < -0.4 is 20.3 Å². The predicted molar refractivity (Wildman–Crippen MR) is 141 cm³/mol. The highest BCUT2D eigenvalue weighted by Gasteiger charge is 2.26. The molecule has 0 aliphatic carbocycles. The molecule has 11 heteroatoms. The van der Waals surface area contributed by atoms with Crippen molar-refractivity contribution in [3.05, 3.63) is 47.5 Å². The van der Waals surface area contributed by atoms with E-state index < -0.39 is 10.0 Å². The number of piperazine rings is 2. The zero-order chi connectivity index (χ0) is 25.9. The third-order valence-electron chi connectivity index (χ3n) is 6.47. The van der Waals surface area contributed by atoms with Crippen LogP contribution in [-0.4, -0.2) is 89.4 Å². The summed E-state index contributed by atoms with van der Waals surface area (Å²) in [6, 6.07) is 10.1. The highest BCUT2D eigenvalue weighted by Crippen LogP contribution is 2.32. The summed E-state index contributed by atoms with van der Waals surface area (Å²) >= 11 is 0. The average molecular weight is 515 g/mol. The first kappa shape index (κ1) is 25.9. The van der Waals surface area contributed by atoms with E-state index in [9.17, 15) is 18.0 Å². The van der Waals surface area contributed by atoms with E-state index in [4.69, 9.17) is 0 Å². The number of nitrogens with one attached hydrogen (secondary N) is 3. The largest absolute Gasteiger partial charge is 0.367 e. The molecule has 3 N–H and O–H groups in total. The third-order valence-corrected chi connectivity index (χ3v) is 7.88. The topological polar surface area (TPSA) is 114 Å². The molecule has 2 aromatic carbocycles. The van der Waals surface area contributed by atoms with Crippen LogP contribution in [0.15, 0.2) is 41.3 Å². The number of hydrogen-bond acceptors (Lipinski definition) is 7. The van der Waals surface area contributed by atoms with Crippen molar-refractivity contribution in [2.75, 3.05) is 74.3 Å². The summed E-state index contributed by atoms with van der Waals surface area (Å²) in [5.74, 6) is -0.485. The van der Waals surface area contributed by atoms with Gasteiger partial charge in [0.2, 0.25) is 5.91 Å². The zero-order valence-electron chi connectivity index (χ0n) is 21.0. The maximum atomic E-state index is 13.6. The second-order valence-electron chi connectivity index (χ2n) is 9.35. The van der Waals surface area contributed by atoms with Crippen LogP contribution in [0.3, 0.4) is 0 Å². The van der Waals surface area contributed by atoms with Gasteiger partial charge in [0.1, 0.15) is 4.90 Å². The minimum atomic E-state index is -4.09. The fourth-order valence-corrected chi connectivity index (χ4v) is 5.78. The number of aryl methyl sites for hydroxylation is 1. The van der Waals surface area contributed by atoms with E-state index in [0.29, 0.717) is 43.1 Å². The van der Waals surface area contributed by atoms with Gasteiger partial charge in [0.15, 0.2) is 0 Å². The molecular formula is C25H34N6O4S. The van der Waals surface area contributed by atoms with Crippen molar-refractivity contribution in [3.63, 3.8) is 0 Å². The standard InChI is InChI=1S/C25H34N6O4S/c1-18-4-6-21(27-19(2)32)24(16-18)36(34,35)28-22-17-20(25(33)31-14-12-29(3)13-15-31)5-7-23(22)30-10-8-26-9-11-30/h4-7,16-17,26,28H,8-15H2,1-3H3,(H,27,32). The molecule has 194 valence electrons. The molecular weight excluding hydrogens is 480 g/mol. The molecule has 0 aromatic heterocycles. The number of anilines is 3. The van der Waals surface area contributed by atoms with Crippen LogP contribution in [0.5, 0.6) is 0 Å². The number of carbonyl (C=O) groups is 2. The Bertz CT molecular complexity index is 1240. The molecule has 0 unspecified atom stereocenters. The molecule has 36 heavy (non-hydrogen) atoms. The minimum absolute atomic E-state index is 0.0280. The Morgan fingerprint density at radius 3 is 2.28 bits per heavy atom. The van der Waals surface area contributed by atoms with Crippen LogP contribution in [0, 0.1) is 6.92 Å². The fraction of sp³-hybridized carbons (Fsp3) is 0.440. The van der Waals surface area contributed by atoms with E-state index in [1.807, 2.05) is 13.1 Å². The molecule has 0 radical (unpaired) electrons. The van der Waals surface area contributed by atoms with E-state index >= 15 is 0 Å². The highest BCUT2D eigenvalue weighted by molar-refractivity contribution is 7.93. The summed E-state index contributed by atoms with van der Waals surface area (Å²) in [5.41, 5.74) is 2.43. The third kappa shape index (κ3) is 5.97. The molecule has 0 saturated carbocycles. The van der Waals surface area contributed by atoms with Crippen LogP contribution in [-0.2, 0) is 14.8 Å². The highest BCUT2D eigenvalue weighted by atomic mass is 32.2. The molecule has 2 heterocycles. The van der Waals surface area contributed by atoms with Gasteiger partial charge in [-0.3, -0.25) is 14.3 Å². The Balaban J connectivity index is 1.71. The van der Waals surface area contributed by atoms with Gasteiger partial charge in [-0.25, -0.2) is 8.42 Å². The normalized spacial score (nSPS) is 17.1. The first-order valence-corrected chi connectivity index (χ1v) is 13.6. The molecule has 2 aliphatic heterocycles. The first-order chi connectivity index (χ1) is 17.1. The lowest BCUT2D eigenvalue weighted by molar-refractivity contribution is -0.114. The Morgan fingerprint density at radius 1 is 0.917 bits per heavy atom. The SMILES string of the molecule is CC(=O)Nc1ccc(C)cc1S(=O)(=O)Nc1cc(C(=O)N2CCN(C)CC2)ccc1N1CCNCC1. The number of carbonyl (C=O) groups excluding carboxylic acids is 2. The number of hydrogen-bond donors (Lipinski definition) is 3. The zero-order valence-corrected chi connectivity index (χ0v) is 21.8. The van der Waals surface area contributed by atoms with Crippen molar-refractivity contribution in [3.8, 4) is 0 Å². The maximum Gasteiger partial charge on any atom is 0.264 e. The molecule has 10 nitrogen and oxygen atoms in total. The second kappa shape index (κ2) is 10.9. The molecule has 0 atom stereocenters. The maximum absolute atomic E-state index is 13.6. The predicted octanol–water partition coefficient (Wildman–Crippen LogP) is 1.55. The average Bonchev–Trinajstić information content (AvgIpc) is 2.85. The lowest BCUT2D eigenvalue weighted by Gasteiger charge is -2.33. The monoisotopic (exact) mass is 514 g/mol. The quantitative estimate of drug-likeness (QED) is 0.536. The molecule has 2 aromatic rings. The van der Waals surface area contributed by atoms with Crippen LogP contribution in [0.25, 0.3) is 0 Å². The van der Waals surface area contributed by atoms with E-state index in [-0.39, 0.29) is 22.4 Å². The smallest absolute Gasteiger partial charge is 0.264 e. The number of likely N-dealkylation sites (N-methyl/N-ethyl adjacent to an activating group) is 1. The van der Waals surface area contributed by atoms with Gasteiger partial charge >= 0.3 is 0 Å². The lowest BCUT2D eigenvalue weighted by Crippen LogP contribution is -2.47. The molecule has 2 amide bonds. The lowest BCUT2D eigenvalue weighted by atomic mass is 10.1. The Labute approximate surface area is 212 Å². The van der Waals surface area contributed by atoms with Crippen LogP contribution >= 0.6 is 0 Å². The van der Waals surface area contributed by atoms with Gasteiger partial charge in [-0.05, 0) is 49.9 Å². The second-order valence-corrected chi connectivity index (χ2v) is 11.0. The van der Waals surface area contributed by atoms with Gasteiger partial charge in [0.25, 0.3) is 15.9 Å². The van der Waals surface area contributed by atoms with Gasteiger partial charge < -0.3 is 25.3 Å². The van der Waals surface area contributed by atoms with Gasteiger partial charge in [-0.2, -0.15) is 0 Å². The Hall–Kier alpha value is -3.15. The van der Waals surface area contributed by atoms with Crippen molar-refractivity contribution < 1.29 is 18.0 Å². The summed E-state index contributed by atoms with van der Waals surface area (Å²) in [5, 5.41) is 5.91. The molecule has 2 saturated heterocycles. The van der Waals surface area contributed by atoms with Crippen LogP contribution in [0.4, 0.5) is 17.1 Å². The van der Waals surface area contributed by atoms with E-state index in [1.165, 1.54) is 13.0 Å². The number of nitrogens with zero attached hydrogens (tertiary/aromatic N) is 3. The van der Waals surface area contributed by atoms with Gasteiger partial charge in [0, 0.05) is 64.8 Å². The van der Waals surface area contributed by atoms with Crippen molar-refractivity contribution in [1.29, 1.82) is 0 Å². The summed E-state index contributed by atoms with van der Waals surface area (Å²) < 4.78 is 30.0. The van der Waals surface area contributed by atoms with E-state index in [2.05, 4.69) is 25.2 Å². The summed E-state index contributed by atoms with van der Waals surface area (Å²) in [7, 11) is -2.06. The van der Waals surface area contributed by atoms with Crippen molar-refractivity contribution in [1.82, 2.24) is 15.1 Å². The molecule has 2 aliphatic rings. The summed E-state index contributed by atoms with van der Waals surface area (Å²) in [6.07, 6.45) is 0. The number of benzene rings is 2. The Morgan fingerprint density at radius 2 is 1.61 bits per heavy atom.